The summed E-state index contributed by atoms with van der Waals surface area (Å²) in [4.78, 5) is 15.5. The van der Waals surface area contributed by atoms with Gasteiger partial charge in [-0.15, -0.1) is 0 Å². The number of carboxylic acid groups (broad SMARTS) is 1. The molecule has 0 heterocycles. The normalized spacial score (nSPS) is 11.4. The number of aliphatic imine (C=N–C) groups is 1. The van der Waals surface area contributed by atoms with Crippen LogP contribution < -0.4 is 11.1 Å². The van der Waals surface area contributed by atoms with Gasteiger partial charge in [0, 0.05) is 5.02 Å². The topological polar surface area (TPSA) is 87.7 Å². The van der Waals surface area contributed by atoms with Crippen LogP contribution in [0.5, 0.6) is 0 Å². The van der Waals surface area contributed by atoms with Gasteiger partial charge in [-0.05, 0) is 31.2 Å². The van der Waals surface area contributed by atoms with Gasteiger partial charge in [-0.1, -0.05) is 40.9 Å². The van der Waals surface area contributed by atoms with E-state index in [0.29, 0.717) is 27.3 Å². The Hall–Kier alpha value is -1.95. The molecule has 2 rings (SSSR count). The molecule has 4 N–H and O–H groups in total. The monoisotopic (exact) mass is 371 g/mol. The minimum absolute atomic E-state index is 0.0636. The van der Waals surface area contributed by atoms with Gasteiger partial charge in [0.1, 0.15) is 5.84 Å². The molecule has 0 aliphatic heterocycles. The third-order valence-electron chi connectivity index (χ3n) is 2.91. The summed E-state index contributed by atoms with van der Waals surface area (Å²) in [6.45, 7) is 1.68. The van der Waals surface area contributed by atoms with Gasteiger partial charge < -0.3 is 16.2 Å². The molecule has 0 bridgehead atoms. The van der Waals surface area contributed by atoms with Crippen molar-refractivity contribution in [1.29, 1.82) is 0 Å². The molecule has 0 atom stereocenters. The van der Waals surface area contributed by atoms with Crippen molar-refractivity contribution in [3.05, 3.63) is 51.0 Å². The van der Waals surface area contributed by atoms with Gasteiger partial charge >= 0.3 is 5.97 Å². The number of nitrogens with two attached hydrogens (primary N) is 1. The van der Waals surface area contributed by atoms with Crippen molar-refractivity contribution in [3.63, 3.8) is 0 Å². The Balaban J connectivity index is 2.37. The first-order valence-electron chi connectivity index (χ1n) is 6.38. The lowest BCUT2D eigenvalue weighted by Gasteiger charge is -2.12. The molecule has 0 saturated heterocycles. The zero-order valence-corrected chi connectivity index (χ0v) is 14.2. The van der Waals surface area contributed by atoms with Crippen LogP contribution in [0, 0.1) is 0 Å². The number of carbonyl (C=O) groups is 1. The highest BCUT2D eigenvalue weighted by atomic mass is 35.5. The third kappa shape index (κ3) is 4.07. The molecule has 2 aromatic carbocycles. The average molecular weight is 373 g/mol. The Labute approximate surface area is 147 Å². The Kier molecular flexibility index (Phi) is 5.36. The highest BCUT2D eigenvalue weighted by Gasteiger charge is 2.14. The van der Waals surface area contributed by atoms with Crippen molar-refractivity contribution in [2.24, 2.45) is 4.99 Å². The predicted octanol–water partition coefficient (Wildman–Crippen LogP) is 5.09. The summed E-state index contributed by atoms with van der Waals surface area (Å²) in [5.74, 6) is -0.722. The molecule has 2 aromatic rings. The minimum Gasteiger partial charge on any atom is -0.478 e. The van der Waals surface area contributed by atoms with Gasteiger partial charge in [0.2, 0.25) is 0 Å². The highest BCUT2D eigenvalue weighted by Crippen LogP contribution is 2.32. The SMILES string of the molecule is CC(=Nc1cccc(Cl)c1Cl)Nc1cc(Cl)cc(C(=O)O)c1N. The molecule has 0 radical (unpaired) electrons. The van der Waals surface area contributed by atoms with Crippen molar-refractivity contribution in [2.75, 3.05) is 11.1 Å². The molecule has 0 amide bonds. The number of anilines is 2. The number of rotatable bonds is 3. The Morgan fingerprint density at radius 2 is 1.96 bits per heavy atom. The minimum atomic E-state index is -1.17. The van der Waals surface area contributed by atoms with Gasteiger partial charge in [0.15, 0.2) is 0 Å². The van der Waals surface area contributed by atoms with Crippen LogP contribution in [0.4, 0.5) is 17.1 Å². The van der Waals surface area contributed by atoms with Crippen LogP contribution in [0.15, 0.2) is 35.3 Å². The first-order valence-corrected chi connectivity index (χ1v) is 7.51. The van der Waals surface area contributed by atoms with Crippen LogP contribution in [0.3, 0.4) is 0 Å². The molecule has 0 spiro atoms. The van der Waals surface area contributed by atoms with E-state index in [4.69, 9.17) is 45.6 Å². The van der Waals surface area contributed by atoms with Crippen LogP contribution >= 0.6 is 34.8 Å². The van der Waals surface area contributed by atoms with Gasteiger partial charge in [-0.25, -0.2) is 9.79 Å². The lowest BCUT2D eigenvalue weighted by molar-refractivity contribution is 0.0698. The molecule has 0 fully saturated rings. The number of aromatic carboxylic acids is 1. The van der Waals surface area contributed by atoms with Crippen LogP contribution in [0.2, 0.25) is 15.1 Å². The second-order valence-corrected chi connectivity index (χ2v) is 5.84. The molecule has 0 aliphatic carbocycles. The summed E-state index contributed by atoms with van der Waals surface area (Å²) in [5.41, 5.74) is 6.64. The third-order valence-corrected chi connectivity index (χ3v) is 3.94. The summed E-state index contributed by atoms with van der Waals surface area (Å²) in [6, 6.07) is 7.87. The van der Waals surface area contributed by atoms with E-state index in [2.05, 4.69) is 10.3 Å². The Morgan fingerprint density at radius 1 is 1.26 bits per heavy atom. The predicted molar refractivity (Wildman–Crippen MR) is 95.7 cm³/mol. The molecule has 0 unspecified atom stereocenters. The average Bonchev–Trinajstić information content (AvgIpc) is 2.47. The largest absolute Gasteiger partial charge is 0.478 e. The summed E-state index contributed by atoms with van der Waals surface area (Å²) in [6.07, 6.45) is 0. The van der Waals surface area contributed by atoms with Crippen LogP contribution in [0.1, 0.15) is 17.3 Å². The first kappa shape index (κ1) is 17.4. The summed E-state index contributed by atoms with van der Waals surface area (Å²) >= 11 is 17.9. The maximum Gasteiger partial charge on any atom is 0.337 e. The van der Waals surface area contributed by atoms with E-state index in [1.165, 1.54) is 12.1 Å². The van der Waals surface area contributed by atoms with Crippen molar-refractivity contribution in [1.82, 2.24) is 0 Å². The van der Waals surface area contributed by atoms with Gasteiger partial charge in [-0.3, -0.25) is 0 Å². The lowest BCUT2D eigenvalue weighted by atomic mass is 10.1. The summed E-state index contributed by atoms with van der Waals surface area (Å²) < 4.78 is 0. The van der Waals surface area contributed by atoms with Gasteiger partial charge in [0.05, 0.1) is 32.7 Å². The lowest BCUT2D eigenvalue weighted by Crippen LogP contribution is -2.11. The molecule has 0 saturated carbocycles. The number of benzene rings is 2. The molecule has 0 aromatic heterocycles. The van der Waals surface area contributed by atoms with E-state index in [9.17, 15) is 4.79 Å². The van der Waals surface area contributed by atoms with E-state index in [-0.39, 0.29) is 16.3 Å². The first-order chi connectivity index (χ1) is 10.8. The fraction of sp³-hybridized carbons (Fsp3) is 0.0667. The molecule has 5 nitrogen and oxygen atoms in total. The van der Waals surface area contributed by atoms with Crippen LogP contribution in [-0.4, -0.2) is 16.9 Å². The molecular formula is C15H12Cl3N3O2. The van der Waals surface area contributed by atoms with E-state index < -0.39 is 5.97 Å². The van der Waals surface area contributed by atoms with Crippen molar-refractivity contribution in [3.8, 4) is 0 Å². The second-order valence-electron chi connectivity index (χ2n) is 4.61. The zero-order chi connectivity index (χ0) is 17.1. The van der Waals surface area contributed by atoms with Gasteiger partial charge in [0.25, 0.3) is 0 Å². The molecule has 120 valence electrons. The van der Waals surface area contributed by atoms with Gasteiger partial charge in [-0.2, -0.15) is 0 Å². The highest BCUT2D eigenvalue weighted by molar-refractivity contribution is 6.43. The van der Waals surface area contributed by atoms with E-state index in [1.807, 2.05) is 0 Å². The standard InChI is InChI=1S/C15H12Cl3N3O2/c1-7(20-11-4-2-3-10(17)13(11)18)21-12-6-8(16)5-9(14(12)19)15(22)23/h2-6H,19H2,1H3,(H,20,21)(H,22,23). The number of hydrogen-bond acceptors (Lipinski definition) is 3. The maximum absolute atomic E-state index is 11.2. The number of amidine groups is 1. The molecule has 23 heavy (non-hydrogen) atoms. The number of hydrogen-bond donors (Lipinski definition) is 3. The van der Waals surface area contributed by atoms with Crippen molar-refractivity contribution in [2.45, 2.75) is 6.92 Å². The second kappa shape index (κ2) is 7.08. The quantitative estimate of drug-likeness (QED) is 0.398. The van der Waals surface area contributed by atoms with Crippen molar-refractivity contribution < 1.29 is 9.90 Å². The number of carboxylic acids is 1. The molecule has 8 heteroatoms. The number of nitrogen functional groups attached to an aromatic ring is 1. The van der Waals surface area contributed by atoms with E-state index >= 15 is 0 Å². The Morgan fingerprint density at radius 3 is 2.61 bits per heavy atom. The summed E-state index contributed by atoms with van der Waals surface area (Å²) in [7, 11) is 0. The molecular weight excluding hydrogens is 361 g/mol. The van der Waals surface area contributed by atoms with Crippen LogP contribution in [0.25, 0.3) is 0 Å². The number of nitrogens with one attached hydrogen (secondary N) is 1. The van der Waals surface area contributed by atoms with Crippen LogP contribution in [-0.2, 0) is 0 Å². The maximum atomic E-state index is 11.2. The Bertz CT molecular complexity index is 807. The fourth-order valence-corrected chi connectivity index (χ4v) is 2.44. The van der Waals surface area contributed by atoms with E-state index in [1.54, 1.807) is 25.1 Å². The number of halogens is 3. The zero-order valence-electron chi connectivity index (χ0n) is 11.9. The summed E-state index contributed by atoms with van der Waals surface area (Å²) in [5, 5.41) is 13.0. The smallest absolute Gasteiger partial charge is 0.337 e. The number of nitrogens with zero attached hydrogens (tertiary/aromatic N) is 1. The van der Waals surface area contributed by atoms with Crippen molar-refractivity contribution >= 4 is 63.7 Å². The fourth-order valence-electron chi connectivity index (χ4n) is 1.88. The van der Waals surface area contributed by atoms with E-state index in [0.717, 1.165) is 0 Å². The molecule has 0 aliphatic rings.